The maximum Gasteiger partial charge on any atom is 0.229 e. The Morgan fingerprint density at radius 1 is 0.897 bits per heavy atom. The fourth-order valence-electron chi connectivity index (χ4n) is 4.67. The van der Waals surface area contributed by atoms with Crippen LogP contribution < -0.4 is 5.32 Å². The van der Waals surface area contributed by atoms with Gasteiger partial charge in [-0.2, -0.15) is 0 Å². The summed E-state index contributed by atoms with van der Waals surface area (Å²) in [6.07, 6.45) is 6.09. The van der Waals surface area contributed by atoms with E-state index in [0.717, 1.165) is 61.9 Å². The lowest BCUT2D eigenvalue weighted by molar-refractivity contribution is -0.138. The molecule has 0 unspecified atom stereocenters. The summed E-state index contributed by atoms with van der Waals surface area (Å²) in [5, 5.41) is 3.09. The van der Waals surface area contributed by atoms with Crippen LogP contribution in [0.3, 0.4) is 0 Å². The number of likely N-dealkylation sites (tertiary alicyclic amines) is 1. The molecule has 4 nitrogen and oxygen atoms in total. The van der Waals surface area contributed by atoms with Gasteiger partial charge in [0, 0.05) is 24.7 Å². The molecular weight excluding hydrogens is 360 g/mol. The summed E-state index contributed by atoms with van der Waals surface area (Å²) in [6.45, 7) is 3.43. The Labute approximate surface area is 173 Å². The number of nitrogens with zero attached hydrogens (tertiary/aromatic N) is 1. The van der Waals surface area contributed by atoms with Gasteiger partial charge >= 0.3 is 0 Å². The highest BCUT2D eigenvalue weighted by Crippen LogP contribution is 2.29. The van der Waals surface area contributed by atoms with Gasteiger partial charge in [0.05, 0.1) is 5.92 Å². The van der Waals surface area contributed by atoms with Crippen molar-refractivity contribution in [3.63, 3.8) is 0 Å². The van der Waals surface area contributed by atoms with Gasteiger partial charge in [-0.05, 0) is 55.9 Å². The number of carbonyl (C=O) groups is 2. The van der Waals surface area contributed by atoms with Gasteiger partial charge in [0.1, 0.15) is 0 Å². The van der Waals surface area contributed by atoms with Crippen molar-refractivity contribution in [2.75, 3.05) is 18.4 Å². The van der Waals surface area contributed by atoms with E-state index in [1.807, 2.05) is 29.2 Å². The number of aryl methyl sites for hydroxylation is 1. The number of benzene rings is 2. The summed E-state index contributed by atoms with van der Waals surface area (Å²) in [5.41, 5.74) is 4.26. The van der Waals surface area contributed by atoms with Crippen molar-refractivity contribution in [1.82, 2.24) is 4.90 Å². The summed E-state index contributed by atoms with van der Waals surface area (Å²) in [7, 11) is 0. The number of hydrogen-bond donors (Lipinski definition) is 1. The third-order valence-corrected chi connectivity index (χ3v) is 6.29. The molecule has 1 aliphatic carbocycles. The van der Waals surface area contributed by atoms with E-state index >= 15 is 0 Å². The molecule has 0 aromatic heterocycles. The molecule has 1 saturated carbocycles. The van der Waals surface area contributed by atoms with E-state index in [1.54, 1.807) is 0 Å². The average Bonchev–Trinajstić information content (AvgIpc) is 3.28. The predicted molar refractivity (Wildman–Crippen MR) is 117 cm³/mol. The first-order valence-corrected chi connectivity index (χ1v) is 10.9. The molecule has 2 aromatic carbocycles. The first-order chi connectivity index (χ1) is 14.1. The van der Waals surface area contributed by atoms with Crippen LogP contribution in [0.25, 0.3) is 11.1 Å². The van der Waals surface area contributed by atoms with Crippen LogP contribution in [0, 0.1) is 18.8 Å². The Bertz CT molecular complexity index is 886. The van der Waals surface area contributed by atoms with Crippen LogP contribution in [-0.4, -0.2) is 29.8 Å². The van der Waals surface area contributed by atoms with Crippen LogP contribution in [0.2, 0.25) is 0 Å². The lowest BCUT2D eigenvalue weighted by atomic mass is 9.95. The van der Waals surface area contributed by atoms with Crippen LogP contribution in [0.15, 0.2) is 48.5 Å². The maximum absolute atomic E-state index is 12.9. The van der Waals surface area contributed by atoms with Crippen molar-refractivity contribution in [3.05, 3.63) is 54.1 Å². The molecule has 2 aliphatic rings. The van der Waals surface area contributed by atoms with E-state index in [0.29, 0.717) is 6.54 Å². The van der Waals surface area contributed by atoms with E-state index in [-0.39, 0.29) is 23.7 Å². The minimum atomic E-state index is -0.128. The second-order valence-corrected chi connectivity index (χ2v) is 8.54. The summed E-state index contributed by atoms with van der Waals surface area (Å²) in [5.74, 6) is 0.344. The molecule has 1 N–H and O–H groups in total. The molecule has 0 spiro atoms. The van der Waals surface area contributed by atoms with Gasteiger partial charge in [-0.15, -0.1) is 0 Å². The fraction of sp³-hybridized carbons (Fsp3) is 0.440. The molecular formula is C25H30N2O2. The Hall–Kier alpha value is -2.62. The van der Waals surface area contributed by atoms with Crippen LogP contribution >= 0.6 is 0 Å². The Morgan fingerprint density at radius 3 is 2.34 bits per heavy atom. The van der Waals surface area contributed by atoms with Crippen LogP contribution in [0.5, 0.6) is 0 Å². The van der Waals surface area contributed by atoms with Gasteiger partial charge in [-0.3, -0.25) is 9.59 Å². The van der Waals surface area contributed by atoms with Gasteiger partial charge in [0.2, 0.25) is 11.8 Å². The quantitative estimate of drug-likeness (QED) is 0.796. The molecule has 1 atom stereocenters. The molecule has 4 rings (SSSR count). The minimum Gasteiger partial charge on any atom is -0.342 e. The standard InChI is InChI=1S/C25H30N2O2/c1-18-7-4-10-20(15-18)21-11-5-13-23(16-21)26-24(28)22-12-6-14-27(17-22)25(29)19-8-2-3-9-19/h4-5,7,10-11,13,15-16,19,22H,2-3,6,8-9,12,14,17H2,1H3,(H,26,28)/t22-/m0/s1. The zero-order valence-corrected chi connectivity index (χ0v) is 17.2. The van der Waals surface area contributed by atoms with E-state index < -0.39 is 0 Å². The third kappa shape index (κ3) is 4.69. The summed E-state index contributed by atoms with van der Waals surface area (Å²) >= 11 is 0. The fourth-order valence-corrected chi connectivity index (χ4v) is 4.67. The number of rotatable bonds is 4. The number of carbonyl (C=O) groups excluding carboxylic acids is 2. The monoisotopic (exact) mass is 390 g/mol. The van der Waals surface area contributed by atoms with E-state index in [9.17, 15) is 9.59 Å². The summed E-state index contributed by atoms with van der Waals surface area (Å²) < 4.78 is 0. The highest BCUT2D eigenvalue weighted by atomic mass is 16.2. The molecule has 2 aromatic rings. The van der Waals surface area contributed by atoms with Crippen LogP contribution in [0.4, 0.5) is 5.69 Å². The van der Waals surface area contributed by atoms with E-state index in [1.165, 1.54) is 5.56 Å². The van der Waals surface area contributed by atoms with Gasteiger partial charge in [-0.1, -0.05) is 54.8 Å². The number of piperidine rings is 1. The minimum absolute atomic E-state index is 0.0234. The third-order valence-electron chi connectivity index (χ3n) is 6.29. The number of anilines is 1. The predicted octanol–water partition coefficient (Wildman–Crippen LogP) is 5.03. The number of hydrogen-bond acceptors (Lipinski definition) is 2. The Balaban J connectivity index is 1.41. The lowest BCUT2D eigenvalue weighted by Crippen LogP contribution is -2.45. The smallest absolute Gasteiger partial charge is 0.229 e. The molecule has 0 radical (unpaired) electrons. The second kappa shape index (κ2) is 8.81. The number of nitrogens with one attached hydrogen (secondary N) is 1. The molecule has 152 valence electrons. The van der Waals surface area contributed by atoms with Crippen molar-refractivity contribution in [2.24, 2.45) is 11.8 Å². The van der Waals surface area contributed by atoms with Crippen LogP contribution in [-0.2, 0) is 9.59 Å². The lowest BCUT2D eigenvalue weighted by Gasteiger charge is -2.33. The van der Waals surface area contributed by atoms with Crippen molar-refractivity contribution in [1.29, 1.82) is 0 Å². The number of amides is 2. The van der Waals surface area contributed by atoms with Crippen molar-refractivity contribution < 1.29 is 9.59 Å². The van der Waals surface area contributed by atoms with Crippen molar-refractivity contribution >= 4 is 17.5 Å². The van der Waals surface area contributed by atoms with Gasteiger partial charge < -0.3 is 10.2 Å². The van der Waals surface area contributed by atoms with Gasteiger partial charge in [0.25, 0.3) is 0 Å². The van der Waals surface area contributed by atoms with Crippen LogP contribution in [0.1, 0.15) is 44.1 Å². The molecule has 0 bridgehead atoms. The molecule has 1 aliphatic heterocycles. The summed E-state index contributed by atoms with van der Waals surface area (Å²) in [6, 6.07) is 16.4. The zero-order valence-electron chi connectivity index (χ0n) is 17.2. The molecule has 4 heteroatoms. The van der Waals surface area contributed by atoms with E-state index in [4.69, 9.17) is 0 Å². The van der Waals surface area contributed by atoms with Crippen molar-refractivity contribution in [2.45, 2.75) is 45.4 Å². The molecule has 29 heavy (non-hydrogen) atoms. The summed E-state index contributed by atoms with van der Waals surface area (Å²) in [4.78, 5) is 27.6. The van der Waals surface area contributed by atoms with Crippen molar-refractivity contribution in [3.8, 4) is 11.1 Å². The molecule has 2 amide bonds. The average molecular weight is 391 g/mol. The zero-order chi connectivity index (χ0) is 20.2. The SMILES string of the molecule is Cc1cccc(-c2cccc(NC(=O)[C@H]3CCCN(C(=O)C4CCCC4)C3)c2)c1. The van der Waals surface area contributed by atoms with Gasteiger partial charge in [0.15, 0.2) is 0 Å². The van der Waals surface area contributed by atoms with Gasteiger partial charge in [-0.25, -0.2) is 0 Å². The Morgan fingerprint density at radius 2 is 1.59 bits per heavy atom. The highest BCUT2D eigenvalue weighted by Gasteiger charge is 2.32. The molecule has 1 heterocycles. The first kappa shape index (κ1) is 19.7. The molecule has 1 saturated heterocycles. The second-order valence-electron chi connectivity index (χ2n) is 8.54. The first-order valence-electron chi connectivity index (χ1n) is 10.9. The largest absolute Gasteiger partial charge is 0.342 e. The maximum atomic E-state index is 12.9. The van der Waals surface area contributed by atoms with E-state index in [2.05, 4.69) is 36.5 Å². The topological polar surface area (TPSA) is 49.4 Å². The normalized spacial score (nSPS) is 19.9. The Kier molecular flexibility index (Phi) is 5.98. The molecule has 2 fully saturated rings. The highest BCUT2D eigenvalue weighted by molar-refractivity contribution is 5.94.